The number of amides is 2. The monoisotopic (exact) mass is 489 g/mol. The van der Waals surface area contributed by atoms with Crippen LogP contribution in [0.4, 0.5) is 4.39 Å². The molecule has 0 spiro atoms. The predicted octanol–water partition coefficient (Wildman–Crippen LogP) is 3.90. The summed E-state index contributed by atoms with van der Waals surface area (Å²) in [6.45, 7) is 5.77. The Kier molecular flexibility index (Phi) is 9.69. The van der Waals surface area contributed by atoms with Crippen molar-refractivity contribution >= 4 is 22.7 Å². The van der Waals surface area contributed by atoms with E-state index in [0.29, 0.717) is 35.2 Å². The lowest BCUT2D eigenvalue weighted by Crippen LogP contribution is -2.52. The van der Waals surface area contributed by atoms with Crippen molar-refractivity contribution in [2.75, 3.05) is 6.54 Å². The van der Waals surface area contributed by atoms with Gasteiger partial charge in [0.2, 0.25) is 5.91 Å². The number of carbonyl (C=O) groups excluding carboxylic acids is 2. The van der Waals surface area contributed by atoms with Gasteiger partial charge >= 0.3 is 0 Å². The summed E-state index contributed by atoms with van der Waals surface area (Å²) in [6, 6.07) is 3.65. The smallest absolute Gasteiger partial charge is 0.253 e. The number of halogens is 1. The van der Waals surface area contributed by atoms with Crippen molar-refractivity contribution in [3.63, 3.8) is 0 Å². The topological polar surface area (TPSA) is 114 Å². The minimum atomic E-state index is -1.05. The minimum Gasteiger partial charge on any atom is -0.390 e. The van der Waals surface area contributed by atoms with Crippen LogP contribution >= 0.6 is 0 Å². The van der Waals surface area contributed by atoms with Gasteiger partial charge in [-0.15, -0.1) is 0 Å². The van der Waals surface area contributed by atoms with Crippen LogP contribution in [0.3, 0.4) is 0 Å². The third-order valence-electron chi connectivity index (χ3n) is 7.06. The number of benzene rings is 1. The number of H-pyrrole nitrogens is 1. The summed E-state index contributed by atoms with van der Waals surface area (Å²) in [4.78, 5) is 28.6. The molecule has 1 aliphatic rings. The Bertz CT molecular complexity index is 986. The van der Waals surface area contributed by atoms with E-state index in [0.717, 1.165) is 25.7 Å². The molecule has 1 fully saturated rings. The summed E-state index contributed by atoms with van der Waals surface area (Å²) in [5.41, 5.74) is 0.969. The first-order valence-electron chi connectivity index (χ1n) is 12.9. The van der Waals surface area contributed by atoms with Crippen molar-refractivity contribution in [1.29, 1.82) is 0 Å². The molecule has 0 radical (unpaired) electrons. The van der Waals surface area contributed by atoms with Crippen LogP contribution in [0.25, 0.3) is 10.9 Å². The van der Waals surface area contributed by atoms with Gasteiger partial charge in [-0.25, -0.2) is 4.39 Å². The maximum absolute atomic E-state index is 13.6. The van der Waals surface area contributed by atoms with Gasteiger partial charge in [0.15, 0.2) is 0 Å². The molecule has 1 aromatic carbocycles. The van der Waals surface area contributed by atoms with E-state index in [-0.39, 0.29) is 18.4 Å². The molecular formula is C27H40FN3O4. The van der Waals surface area contributed by atoms with Crippen LogP contribution in [-0.4, -0.2) is 51.8 Å². The molecule has 5 N–H and O–H groups in total. The molecule has 8 heteroatoms. The lowest BCUT2D eigenvalue weighted by molar-refractivity contribution is -0.127. The van der Waals surface area contributed by atoms with Crippen LogP contribution in [0.15, 0.2) is 24.4 Å². The first-order chi connectivity index (χ1) is 16.7. The molecule has 2 amide bonds. The maximum Gasteiger partial charge on any atom is 0.253 e. The molecule has 1 heterocycles. The van der Waals surface area contributed by atoms with Crippen molar-refractivity contribution in [1.82, 2.24) is 15.6 Å². The second-order valence-electron chi connectivity index (χ2n) is 10.5. The van der Waals surface area contributed by atoms with Gasteiger partial charge in [-0.3, -0.25) is 9.59 Å². The summed E-state index contributed by atoms with van der Waals surface area (Å²) >= 11 is 0. The number of rotatable bonds is 11. The molecule has 194 valence electrons. The Morgan fingerprint density at radius 3 is 2.54 bits per heavy atom. The molecule has 2 aromatic rings. The zero-order valence-electron chi connectivity index (χ0n) is 21.0. The lowest BCUT2D eigenvalue weighted by Gasteiger charge is -2.33. The standard InChI is InChI=1S/C27H40FN3O4/c1-16(2)11-24(32)25(33)23(12-18-7-5-4-6-8-18)31-26(34)17(3)14-30-27(35)21-15-29-22-10-9-19(28)13-20(21)22/h9-10,13,15-18,23-25,29,32-33H,4-8,11-12,14H2,1-3H3,(H,30,35)(H,31,34)/t17-,23+,24-,25+/m0/s1. The fraction of sp³-hybridized carbons (Fsp3) is 0.630. The normalized spacial score (nSPS) is 18.3. The first kappa shape index (κ1) is 27.1. The van der Waals surface area contributed by atoms with Crippen molar-refractivity contribution in [2.45, 2.75) is 84.0 Å². The highest BCUT2D eigenvalue weighted by molar-refractivity contribution is 6.06. The average Bonchev–Trinajstić information content (AvgIpc) is 3.24. The number of hydrogen-bond acceptors (Lipinski definition) is 4. The van der Waals surface area contributed by atoms with Gasteiger partial charge in [-0.1, -0.05) is 52.9 Å². The Morgan fingerprint density at radius 1 is 1.14 bits per heavy atom. The number of aliphatic hydroxyl groups is 2. The second kappa shape index (κ2) is 12.5. The van der Waals surface area contributed by atoms with Crippen LogP contribution in [0, 0.1) is 23.6 Å². The van der Waals surface area contributed by atoms with Crippen molar-refractivity contribution < 1.29 is 24.2 Å². The number of fused-ring (bicyclic) bond motifs is 1. The Balaban J connectivity index is 1.60. The molecule has 7 nitrogen and oxygen atoms in total. The first-order valence-corrected chi connectivity index (χ1v) is 12.9. The van der Waals surface area contributed by atoms with Gasteiger partial charge < -0.3 is 25.8 Å². The fourth-order valence-electron chi connectivity index (χ4n) is 5.00. The molecule has 1 aromatic heterocycles. The van der Waals surface area contributed by atoms with E-state index in [1.807, 2.05) is 13.8 Å². The van der Waals surface area contributed by atoms with E-state index >= 15 is 0 Å². The molecule has 1 saturated carbocycles. The van der Waals surface area contributed by atoms with Crippen LogP contribution < -0.4 is 10.6 Å². The van der Waals surface area contributed by atoms with Gasteiger partial charge in [0.05, 0.1) is 23.6 Å². The number of hydrogen-bond donors (Lipinski definition) is 5. The SMILES string of the molecule is CC(C)C[C@H](O)[C@H](O)[C@@H](CC1CCCCC1)NC(=O)[C@@H](C)CNC(=O)c1c[nH]c2ccc(F)cc12. The van der Waals surface area contributed by atoms with Crippen LogP contribution in [0.1, 0.15) is 76.1 Å². The van der Waals surface area contributed by atoms with Gasteiger partial charge in [-0.05, 0) is 42.9 Å². The van der Waals surface area contributed by atoms with Crippen molar-refractivity contribution in [3.8, 4) is 0 Å². The number of carbonyl (C=O) groups is 2. The van der Waals surface area contributed by atoms with Gasteiger partial charge in [0, 0.05) is 23.6 Å². The Hall–Kier alpha value is -2.45. The van der Waals surface area contributed by atoms with E-state index < -0.39 is 35.9 Å². The molecule has 35 heavy (non-hydrogen) atoms. The molecular weight excluding hydrogens is 449 g/mol. The fourth-order valence-corrected chi connectivity index (χ4v) is 5.00. The number of aliphatic hydroxyl groups excluding tert-OH is 2. The highest BCUT2D eigenvalue weighted by Crippen LogP contribution is 2.29. The summed E-state index contributed by atoms with van der Waals surface area (Å²) < 4.78 is 13.6. The third kappa shape index (κ3) is 7.51. The Labute approximate surface area is 206 Å². The zero-order chi connectivity index (χ0) is 25.5. The summed E-state index contributed by atoms with van der Waals surface area (Å²) in [5, 5.41) is 27.6. The highest BCUT2D eigenvalue weighted by atomic mass is 19.1. The largest absolute Gasteiger partial charge is 0.390 e. The van der Waals surface area contributed by atoms with E-state index in [1.165, 1.54) is 24.8 Å². The number of nitrogens with one attached hydrogen (secondary N) is 3. The van der Waals surface area contributed by atoms with Crippen LogP contribution in [0.2, 0.25) is 0 Å². The van der Waals surface area contributed by atoms with Crippen molar-refractivity contribution in [3.05, 3.63) is 35.8 Å². The molecule has 0 aliphatic heterocycles. The van der Waals surface area contributed by atoms with Gasteiger partial charge in [0.25, 0.3) is 5.91 Å². The van der Waals surface area contributed by atoms with Crippen molar-refractivity contribution in [2.24, 2.45) is 17.8 Å². The third-order valence-corrected chi connectivity index (χ3v) is 7.06. The molecule has 0 saturated heterocycles. The highest BCUT2D eigenvalue weighted by Gasteiger charge is 2.32. The van der Waals surface area contributed by atoms with E-state index in [9.17, 15) is 24.2 Å². The Morgan fingerprint density at radius 2 is 1.86 bits per heavy atom. The average molecular weight is 490 g/mol. The van der Waals surface area contributed by atoms with Crippen LogP contribution in [0.5, 0.6) is 0 Å². The minimum absolute atomic E-state index is 0.0907. The number of aromatic amines is 1. The lowest BCUT2D eigenvalue weighted by atomic mass is 9.82. The molecule has 1 aliphatic carbocycles. The molecule has 3 rings (SSSR count). The van der Waals surface area contributed by atoms with E-state index in [1.54, 1.807) is 13.0 Å². The molecule has 0 unspecified atom stereocenters. The second-order valence-corrected chi connectivity index (χ2v) is 10.5. The maximum atomic E-state index is 13.6. The summed E-state index contributed by atoms with van der Waals surface area (Å²) in [6.07, 6.45) is 6.28. The van der Waals surface area contributed by atoms with Gasteiger partial charge in [-0.2, -0.15) is 0 Å². The number of aromatic nitrogens is 1. The van der Waals surface area contributed by atoms with Gasteiger partial charge in [0.1, 0.15) is 11.9 Å². The molecule has 0 bridgehead atoms. The molecule has 4 atom stereocenters. The van der Waals surface area contributed by atoms with E-state index in [4.69, 9.17) is 0 Å². The van der Waals surface area contributed by atoms with Crippen LogP contribution in [-0.2, 0) is 4.79 Å². The van der Waals surface area contributed by atoms with E-state index in [2.05, 4.69) is 15.6 Å². The quantitative estimate of drug-likeness (QED) is 0.329. The summed E-state index contributed by atoms with van der Waals surface area (Å²) in [5.74, 6) is -1.03. The predicted molar refractivity (Wildman–Crippen MR) is 134 cm³/mol. The zero-order valence-corrected chi connectivity index (χ0v) is 21.0. The summed E-state index contributed by atoms with van der Waals surface area (Å²) in [7, 11) is 0.